The van der Waals surface area contributed by atoms with Crippen LogP contribution in [0.2, 0.25) is 0 Å². The number of hydrogen-bond donors (Lipinski definition) is 3. The summed E-state index contributed by atoms with van der Waals surface area (Å²) in [6.07, 6.45) is 3.29. The summed E-state index contributed by atoms with van der Waals surface area (Å²) in [4.78, 5) is 32.1. The first-order valence-corrected chi connectivity index (χ1v) is 13.8. The Morgan fingerprint density at radius 3 is 2.54 bits per heavy atom. The molecule has 1 aliphatic rings. The molecule has 0 radical (unpaired) electrons. The molecule has 0 unspecified atom stereocenters. The maximum atomic E-state index is 13.0. The topological polar surface area (TPSA) is 134 Å². The number of nitrogen functional groups attached to an aromatic ring is 1. The van der Waals surface area contributed by atoms with Gasteiger partial charge in [-0.1, -0.05) is 23.5 Å². The predicted molar refractivity (Wildman–Crippen MR) is 137 cm³/mol. The number of hydrogen-bond acceptors (Lipinski definition) is 9. The fourth-order valence-electron chi connectivity index (χ4n) is 4.03. The highest BCUT2D eigenvalue weighted by molar-refractivity contribution is 7.90. The minimum atomic E-state index is -3.59. The molecular weight excluding hydrogens is 486 g/mol. The van der Waals surface area contributed by atoms with Crippen molar-refractivity contribution in [3.8, 4) is 0 Å². The van der Waals surface area contributed by atoms with E-state index in [4.69, 9.17) is 5.73 Å². The quantitative estimate of drug-likeness (QED) is 0.392. The second-order valence-electron chi connectivity index (χ2n) is 8.52. The van der Waals surface area contributed by atoms with E-state index in [1.807, 2.05) is 0 Å². The van der Waals surface area contributed by atoms with E-state index in [2.05, 4.69) is 27.6 Å². The van der Waals surface area contributed by atoms with Crippen molar-refractivity contribution in [1.82, 2.24) is 15.2 Å². The molecule has 1 atom stereocenters. The highest BCUT2D eigenvalue weighted by Gasteiger charge is 2.24. The molecule has 35 heavy (non-hydrogen) atoms. The number of sulfone groups is 1. The first-order valence-electron chi connectivity index (χ1n) is 11.1. The standard InChI is InChI=1S/C24H27N5O4S2/c1-29-13-5-6-17(29)14-26-23(31)15-9-11-16(12-10-15)27-24-28-22(25)21(34-24)20(30)18-7-3-4-8-19(18)35(2,32)33/h3-4,7-12,17H,5-6,13-14,25H2,1-2H3,(H,26,31)(H,27,28)/t17-/m0/s1. The number of likely N-dealkylation sites (N-methyl/N-ethyl adjacent to an activating group) is 1. The van der Waals surface area contributed by atoms with E-state index in [9.17, 15) is 18.0 Å². The summed E-state index contributed by atoms with van der Waals surface area (Å²) in [6, 6.07) is 13.3. The van der Waals surface area contributed by atoms with Crippen LogP contribution < -0.4 is 16.4 Å². The third-order valence-corrected chi connectivity index (χ3v) is 8.10. The average molecular weight is 514 g/mol. The van der Waals surface area contributed by atoms with E-state index in [1.54, 1.807) is 36.4 Å². The van der Waals surface area contributed by atoms with Gasteiger partial charge in [0.1, 0.15) is 10.7 Å². The number of nitrogens with zero attached hydrogens (tertiary/aromatic N) is 2. The van der Waals surface area contributed by atoms with Crippen LogP contribution in [-0.4, -0.2) is 62.4 Å². The fourth-order valence-corrected chi connectivity index (χ4v) is 5.77. The lowest BCUT2D eigenvalue weighted by Crippen LogP contribution is -2.38. The lowest BCUT2D eigenvalue weighted by Gasteiger charge is -2.19. The number of carbonyl (C=O) groups is 2. The lowest BCUT2D eigenvalue weighted by molar-refractivity contribution is 0.0943. The number of carbonyl (C=O) groups excluding carboxylic acids is 2. The van der Waals surface area contributed by atoms with Crippen molar-refractivity contribution in [2.45, 2.75) is 23.8 Å². The smallest absolute Gasteiger partial charge is 0.251 e. The Kier molecular flexibility index (Phi) is 7.20. The molecule has 1 amide bonds. The van der Waals surface area contributed by atoms with Crippen molar-refractivity contribution in [1.29, 1.82) is 0 Å². The Morgan fingerprint density at radius 1 is 1.17 bits per heavy atom. The highest BCUT2D eigenvalue weighted by atomic mass is 32.2. The number of anilines is 3. The van der Waals surface area contributed by atoms with Crippen molar-refractivity contribution in [3.63, 3.8) is 0 Å². The summed E-state index contributed by atoms with van der Waals surface area (Å²) in [5, 5.41) is 6.45. The molecule has 1 saturated heterocycles. The van der Waals surface area contributed by atoms with Crippen LogP contribution in [0.3, 0.4) is 0 Å². The molecule has 4 N–H and O–H groups in total. The highest BCUT2D eigenvalue weighted by Crippen LogP contribution is 2.31. The molecule has 0 aliphatic carbocycles. The van der Waals surface area contributed by atoms with E-state index in [1.165, 1.54) is 12.1 Å². The van der Waals surface area contributed by atoms with Gasteiger partial charge in [-0.3, -0.25) is 9.59 Å². The zero-order chi connectivity index (χ0) is 25.2. The Balaban J connectivity index is 1.44. The molecule has 1 aliphatic heterocycles. The number of nitrogens with one attached hydrogen (secondary N) is 2. The van der Waals surface area contributed by atoms with E-state index >= 15 is 0 Å². The minimum absolute atomic E-state index is 0.0127. The van der Waals surface area contributed by atoms with E-state index < -0.39 is 15.6 Å². The number of benzene rings is 2. The van der Waals surface area contributed by atoms with Gasteiger partial charge in [-0.25, -0.2) is 13.4 Å². The molecule has 2 aromatic carbocycles. The first-order chi connectivity index (χ1) is 16.6. The van der Waals surface area contributed by atoms with Gasteiger partial charge < -0.3 is 21.3 Å². The van der Waals surface area contributed by atoms with Gasteiger partial charge in [-0.2, -0.15) is 0 Å². The molecule has 11 heteroatoms. The molecular formula is C24H27N5O4S2. The van der Waals surface area contributed by atoms with Crippen LogP contribution in [0, 0.1) is 0 Å². The summed E-state index contributed by atoms with van der Waals surface area (Å²) >= 11 is 1.03. The Morgan fingerprint density at radius 2 is 1.89 bits per heavy atom. The van der Waals surface area contributed by atoms with E-state index in [-0.39, 0.29) is 27.1 Å². The van der Waals surface area contributed by atoms with Crippen LogP contribution in [0.1, 0.15) is 38.4 Å². The van der Waals surface area contributed by atoms with Crippen LogP contribution in [0.15, 0.2) is 53.4 Å². The fraction of sp³-hybridized carbons (Fsp3) is 0.292. The summed E-state index contributed by atoms with van der Waals surface area (Å²) in [5.74, 6) is -0.625. The average Bonchev–Trinajstić information content (AvgIpc) is 3.41. The van der Waals surface area contributed by atoms with Gasteiger partial charge in [0.2, 0.25) is 5.78 Å². The van der Waals surface area contributed by atoms with Gasteiger partial charge in [0, 0.05) is 35.7 Å². The number of aromatic nitrogens is 1. The van der Waals surface area contributed by atoms with Gasteiger partial charge >= 0.3 is 0 Å². The molecule has 1 aromatic heterocycles. The van der Waals surface area contributed by atoms with Gasteiger partial charge in [-0.05, 0) is 62.8 Å². The maximum Gasteiger partial charge on any atom is 0.251 e. The molecule has 0 saturated carbocycles. The van der Waals surface area contributed by atoms with Crippen molar-refractivity contribution >= 4 is 49.5 Å². The molecule has 4 rings (SSSR count). The van der Waals surface area contributed by atoms with Crippen LogP contribution >= 0.6 is 11.3 Å². The van der Waals surface area contributed by atoms with E-state index in [0.717, 1.165) is 37.0 Å². The Hall–Kier alpha value is -3.28. The van der Waals surface area contributed by atoms with Crippen molar-refractivity contribution in [2.24, 2.45) is 0 Å². The number of thiazole rings is 1. The summed E-state index contributed by atoms with van der Waals surface area (Å²) < 4.78 is 24.2. The molecule has 0 spiro atoms. The minimum Gasteiger partial charge on any atom is -0.382 e. The number of amides is 1. The zero-order valence-corrected chi connectivity index (χ0v) is 21.1. The Labute approximate surface area is 208 Å². The monoisotopic (exact) mass is 513 g/mol. The van der Waals surface area contributed by atoms with Crippen molar-refractivity contribution in [3.05, 3.63) is 64.5 Å². The number of ketones is 1. The molecule has 0 bridgehead atoms. The summed E-state index contributed by atoms with van der Waals surface area (Å²) in [5.41, 5.74) is 7.25. The van der Waals surface area contributed by atoms with Gasteiger partial charge in [0.05, 0.1) is 4.90 Å². The number of likely N-dealkylation sites (tertiary alicyclic amines) is 1. The second-order valence-corrected chi connectivity index (χ2v) is 11.5. The summed E-state index contributed by atoms with van der Waals surface area (Å²) in [7, 11) is -1.52. The van der Waals surface area contributed by atoms with Gasteiger partial charge in [-0.15, -0.1) is 0 Å². The van der Waals surface area contributed by atoms with Gasteiger partial charge in [0.25, 0.3) is 5.91 Å². The molecule has 1 fully saturated rings. The first kappa shape index (κ1) is 24.8. The van der Waals surface area contributed by atoms with Gasteiger partial charge in [0.15, 0.2) is 15.0 Å². The summed E-state index contributed by atoms with van der Waals surface area (Å²) in [6.45, 7) is 1.67. The largest absolute Gasteiger partial charge is 0.382 e. The molecule has 184 valence electrons. The maximum absolute atomic E-state index is 13.0. The number of rotatable bonds is 8. The third-order valence-electron chi connectivity index (χ3n) is 5.96. The third kappa shape index (κ3) is 5.69. The SMILES string of the molecule is CN1CCC[C@H]1CNC(=O)c1ccc(Nc2nc(N)c(C(=O)c3ccccc3S(C)(=O)=O)s2)cc1. The molecule has 2 heterocycles. The second kappa shape index (κ2) is 10.1. The van der Waals surface area contributed by atoms with Crippen LogP contribution in [-0.2, 0) is 9.84 Å². The van der Waals surface area contributed by atoms with Crippen molar-refractivity contribution in [2.75, 3.05) is 37.4 Å². The number of nitrogens with two attached hydrogens (primary N) is 1. The van der Waals surface area contributed by atoms with Crippen LogP contribution in [0.4, 0.5) is 16.6 Å². The van der Waals surface area contributed by atoms with Crippen LogP contribution in [0.25, 0.3) is 0 Å². The van der Waals surface area contributed by atoms with Crippen molar-refractivity contribution < 1.29 is 18.0 Å². The molecule has 9 nitrogen and oxygen atoms in total. The predicted octanol–water partition coefficient (Wildman–Crippen LogP) is 2.93. The Bertz CT molecular complexity index is 1350. The normalized spacial score (nSPS) is 16.2. The zero-order valence-electron chi connectivity index (χ0n) is 19.4. The van der Waals surface area contributed by atoms with E-state index in [0.29, 0.717) is 29.0 Å². The molecule has 3 aromatic rings. The van der Waals surface area contributed by atoms with Crippen LogP contribution in [0.5, 0.6) is 0 Å². The lowest BCUT2D eigenvalue weighted by atomic mass is 10.1.